The van der Waals surface area contributed by atoms with E-state index >= 15 is 0 Å². The molecule has 290 valence electrons. The van der Waals surface area contributed by atoms with Crippen molar-refractivity contribution in [3.63, 3.8) is 0 Å². The number of rotatable bonds is 7. The highest BCUT2D eigenvalue weighted by atomic mass is 14.6. The van der Waals surface area contributed by atoms with Crippen molar-refractivity contribution in [3.8, 4) is 0 Å². The van der Waals surface area contributed by atoms with Crippen molar-refractivity contribution in [2.75, 3.05) is 0 Å². The van der Waals surface area contributed by atoms with E-state index in [1.54, 1.807) is 291 Å². The van der Waals surface area contributed by atoms with Crippen LogP contribution >= 0.6 is 0 Å². The van der Waals surface area contributed by atoms with Crippen LogP contribution in [-0.2, 0) is 5.41 Å². The fourth-order valence-electron chi connectivity index (χ4n) is 24.9. The Hall–Kier alpha value is -7.54. The second-order valence-corrected chi connectivity index (χ2v) is 25.7. The number of unbranched alkanes of at least 4 members (excludes halogenated alkanes) is 5. The highest BCUT2D eigenvalue weighted by Crippen LogP contribution is 2.84. The van der Waals surface area contributed by atoms with Gasteiger partial charge >= 0.3 is 0 Å². The molecule has 0 heteroatoms. The smallest absolute Gasteiger partial charge is 0.0338 e. The molecule has 32 rings (SSSR count). The molecule has 0 nitrogen and oxygen atoms in total. The van der Waals surface area contributed by atoms with Crippen LogP contribution in [0.2, 0.25) is 0 Å². The van der Waals surface area contributed by atoms with E-state index in [2.05, 4.69) is 6.92 Å². The van der Waals surface area contributed by atoms with Gasteiger partial charge in [0, 0.05) is 11.3 Å². The standard InChI is InChI=1S/C68H18/c1-2-3-4-5-6-7-8-68-65-61-55-41-33-25-13-10-9-11-14(13)26-28-24-18(11)20-16-12(9)15-19-17(10)23-27(25)39(41)47-45-31(23)29(19)37-35-21(15)22(16)36-38-30(20)32(24)46-48-40(28)42(34(26)33)56(55)62(65)58(48)60-52(46)50(38)54-44(36)43(35)53-49(37)51(45)59(57(47)61)66(68)63(53)64(54)67(60)68/h65H,2-8H2,1H3. The zero-order valence-corrected chi connectivity index (χ0v) is 36.0. The lowest BCUT2D eigenvalue weighted by Gasteiger charge is -2.45. The molecule has 0 bridgehead atoms. The van der Waals surface area contributed by atoms with E-state index in [1.165, 1.54) is 44.9 Å². The van der Waals surface area contributed by atoms with E-state index in [1.807, 2.05) is 22.3 Å². The lowest BCUT2D eigenvalue weighted by Crippen LogP contribution is -2.37. The molecule has 0 aliphatic heterocycles. The van der Waals surface area contributed by atoms with Crippen LogP contribution in [0.15, 0.2) is 0 Å². The first kappa shape index (κ1) is 26.1. The van der Waals surface area contributed by atoms with Crippen molar-refractivity contribution in [3.05, 3.63) is 22.3 Å². The Bertz CT molecular complexity index is 6750. The molecule has 0 heterocycles. The van der Waals surface area contributed by atoms with Gasteiger partial charge < -0.3 is 0 Å². The Morgan fingerprint density at radius 3 is 0.632 bits per heavy atom. The normalized spacial score (nSPS) is 21.0. The largest absolute Gasteiger partial charge is 0.0654 e. The van der Waals surface area contributed by atoms with Gasteiger partial charge in [-0.3, -0.25) is 0 Å². The van der Waals surface area contributed by atoms with Gasteiger partial charge in [-0.05, 0) is 320 Å². The van der Waals surface area contributed by atoms with Gasteiger partial charge in [-0.15, -0.1) is 0 Å². The van der Waals surface area contributed by atoms with Crippen LogP contribution in [0.3, 0.4) is 0 Å². The zero-order valence-electron chi connectivity index (χ0n) is 36.0. The molecule has 0 amide bonds. The molecule has 4 aliphatic carbocycles. The molecule has 0 atom stereocenters. The number of hydrogen-bond donors (Lipinski definition) is 0. The third kappa shape index (κ3) is 1.43. The summed E-state index contributed by atoms with van der Waals surface area (Å²) in [5, 5.41) is 92.2. The Kier molecular flexibility index (Phi) is 2.34. The molecule has 0 radical (unpaired) electrons. The molecular weight excluding hydrogens is 817 g/mol. The number of benzene rings is 18. The Morgan fingerprint density at radius 1 is 0.206 bits per heavy atom. The molecule has 28 aromatic carbocycles. The highest BCUT2D eigenvalue weighted by Gasteiger charge is 2.62. The summed E-state index contributed by atoms with van der Waals surface area (Å²) in [5.41, 5.74) is 7.31. The molecule has 28 aromatic rings. The summed E-state index contributed by atoms with van der Waals surface area (Å²) in [6, 6.07) is 0. The molecule has 0 saturated carbocycles. The maximum Gasteiger partial charge on any atom is 0.0338 e. The van der Waals surface area contributed by atoms with Crippen LogP contribution < -0.4 is 0 Å². The molecule has 0 N–H and O–H groups in total. The van der Waals surface area contributed by atoms with Gasteiger partial charge in [0.05, 0.1) is 0 Å². The van der Waals surface area contributed by atoms with Crippen molar-refractivity contribution in [2.45, 2.75) is 63.2 Å². The van der Waals surface area contributed by atoms with Gasteiger partial charge in [0.2, 0.25) is 0 Å². The summed E-state index contributed by atoms with van der Waals surface area (Å²) in [7, 11) is 0. The Labute approximate surface area is 374 Å². The minimum atomic E-state index is -0.0455. The van der Waals surface area contributed by atoms with Gasteiger partial charge in [0.25, 0.3) is 0 Å². The minimum absolute atomic E-state index is 0.0455. The first-order valence-electron chi connectivity index (χ1n) is 26.7. The molecule has 0 aromatic heterocycles. The van der Waals surface area contributed by atoms with Gasteiger partial charge in [-0.25, -0.2) is 0 Å². The third-order valence-corrected chi connectivity index (χ3v) is 25.2. The minimum Gasteiger partial charge on any atom is -0.0654 e. The lowest BCUT2D eigenvalue weighted by atomic mass is 9.55. The molecule has 0 unspecified atom stereocenters. The van der Waals surface area contributed by atoms with Crippen molar-refractivity contribution < 1.29 is 0 Å². The first-order chi connectivity index (χ1) is 33.9. The van der Waals surface area contributed by atoms with Crippen molar-refractivity contribution in [1.29, 1.82) is 0 Å². The van der Waals surface area contributed by atoms with Crippen LogP contribution in [0.25, 0.3) is 291 Å². The van der Waals surface area contributed by atoms with Gasteiger partial charge in [-0.2, -0.15) is 0 Å². The second kappa shape index (κ2) is 6.10. The monoisotopic (exact) mass is 834 g/mol. The molecule has 0 fully saturated rings. The lowest BCUT2D eigenvalue weighted by molar-refractivity contribution is 0.412. The molecule has 0 spiro atoms. The van der Waals surface area contributed by atoms with Crippen LogP contribution in [-0.4, -0.2) is 0 Å². The van der Waals surface area contributed by atoms with Crippen molar-refractivity contribution >= 4 is 291 Å². The summed E-state index contributed by atoms with van der Waals surface area (Å²) in [6.07, 6.45) is 9.44. The first-order valence-corrected chi connectivity index (χ1v) is 26.7. The molecule has 0 saturated heterocycles. The quantitative estimate of drug-likeness (QED) is 0.111. The highest BCUT2D eigenvalue weighted by molar-refractivity contribution is 6.82. The second-order valence-electron chi connectivity index (χ2n) is 25.7. The van der Waals surface area contributed by atoms with E-state index in [0.717, 1.165) is 0 Å². The number of hydrogen-bond acceptors (Lipinski definition) is 0. The van der Waals surface area contributed by atoms with Gasteiger partial charge in [-0.1, -0.05) is 45.4 Å². The molecular formula is C68H18. The summed E-state index contributed by atoms with van der Waals surface area (Å²) >= 11 is 0. The van der Waals surface area contributed by atoms with Crippen LogP contribution in [0.1, 0.15) is 80.0 Å². The summed E-state index contributed by atoms with van der Waals surface area (Å²) in [6.45, 7) is 2.39. The SMILES string of the molecule is CCCCCCCCC12c3c4c5c6c7c8c(c9c%10c1c1c3c3c%11c4c4c5c5c7c7c%12c8c8c9c9c%10c%10c1c1c3c3c%11c%11c4c4c5c7c5c7c%12c8c8c9c9c%10c1c1c3c3c%11c4c5c4c7c8c9c1c34)C62. The Balaban J connectivity index is 1.15. The third-order valence-electron chi connectivity index (χ3n) is 25.2. The maximum absolute atomic E-state index is 2.39. The average molecular weight is 835 g/mol. The fraction of sp³-hybridized carbons (Fsp3) is 0.147. The van der Waals surface area contributed by atoms with Crippen LogP contribution in [0.4, 0.5) is 0 Å². The average Bonchev–Trinajstić information content (AvgIpc) is 4.28. The van der Waals surface area contributed by atoms with E-state index in [0.29, 0.717) is 5.92 Å². The van der Waals surface area contributed by atoms with E-state index < -0.39 is 0 Å². The predicted octanol–water partition coefficient (Wildman–Crippen LogP) is 19.9. The fourth-order valence-corrected chi connectivity index (χ4v) is 24.9. The van der Waals surface area contributed by atoms with Crippen LogP contribution in [0.5, 0.6) is 0 Å². The topological polar surface area (TPSA) is 0 Å². The summed E-state index contributed by atoms with van der Waals surface area (Å²) in [4.78, 5) is 0. The van der Waals surface area contributed by atoms with Crippen LogP contribution in [0, 0.1) is 0 Å². The van der Waals surface area contributed by atoms with E-state index in [9.17, 15) is 0 Å². The van der Waals surface area contributed by atoms with Gasteiger partial charge in [0.15, 0.2) is 0 Å². The van der Waals surface area contributed by atoms with E-state index in [-0.39, 0.29) is 5.41 Å². The van der Waals surface area contributed by atoms with Crippen molar-refractivity contribution in [1.82, 2.24) is 0 Å². The predicted molar refractivity (Wildman–Crippen MR) is 293 cm³/mol. The summed E-state index contributed by atoms with van der Waals surface area (Å²) in [5.74, 6) is 0.392. The van der Waals surface area contributed by atoms with E-state index in [4.69, 9.17) is 0 Å². The zero-order chi connectivity index (χ0) is 40.5. The maximum atomic E-state index is 2.39. The molecule has 68 heavy (non-hydrogen) atoms. The Morgan fingerprint density at radius 2 is 0.382 bits per heavy atom. The molecule has 4 aliphatic rings. The van der Waals surface area contributed by atoms with Gasteiger partial charge in [0.1, 0.15) is 0 Å². The summed E-state index contributed by atoms with van der Waals surface area (Å²) < 4.78 is 0. The van der Waals surface area contributed by atoms with Crippen molar-refractivity contribution in [2.24, 2.45) is 0 Å².